The molecule has 0 radical (unpaired) electrons. The lowest BCUT2D eigenvalue weighted by atomic mass is 10.1. The molecule has 0 fully saturated rings. The number of halogens is 1. The molecule has 1 aliphatic rings. The Labute approximate surface area is 166 Å². The molecule has 1 atom stereocenters. The molecule has 2 aromatic carbocycles. The van der Waals surface area contributed by atoms with Crippen LogP contribution in [-0.2, 0) is 19.1 Å². The SMILES string of the molecule is Cc1c(Cl)cccc1NC(=O)[C@@H](C)OC(=O)CN1C(=O)C(=O)c2ccccc21. The summed E-state index contributed by atoms with van der Waals surface area (Å²) in [6.45, 7) is 2.70. The zero-order valence-electron chi connectivity index (χ0n) is 15.2. The van der Waals surface area contributed by atoms with Crippen LogP contribution >= 0.6 is 11.6 Å². The number of ether oxygens (including phenoxy) is 1. The number of ketones is 1. The summed E-state index contributed by atoms with van der Waals surface area (Å²) in [5, 5.41) is 3.14. The van der Waals surface area contributed by atoms with Gasteiger partial charge in [-0.05, 0) is 43.7 Å². The van der Waals surface area contributed by atoms with E-state index in [1.54, 1.807) is 43.3 Å². The fraction of sp³-hybridized carbons (Fsp3) is 0.200. The third-order valence-electron chi connectivity index (χ3n) is 4.37. The summed E-state index contributed by atoms with van der Waals surface area (Å²) in [7, 11) is 0. The second-order valence-corrected chi connectivity index (χ2v) is 6.68. The van der Waals surface area contributed by atoms with E-state index in [1.165, 1.54) is 13.0 Å². The van der Waals surface area contributed by atoms with E-state index in [9.17, 15) is 19.2 Å². The van der Waals surface area contributed by atoms with Crippen molar-refractivity contribution in [2.45, 2.75) is 20.0 Å². The van der Waals surface area contributed by atoms with Crippen LogP contribution in [0.15, 0.2) is 42.5 Å². The smallest absolute Gasteiger partial charge is 0.326 e. The van der Waals surface area contributed by atoms with Crippen LogP contribution in [0.3, 0.4) is 0 Å². The maximum absolute atomic E-state index is 12.3. The summed E-state index contributed by atoms with van der Waals surface area (Å²) in [4.78, 5) is 49.6. The average molecular weight is 401 g/mol. The standard InChI is InChI=1S/C20H17ClN2O5/c1-11-14(21)7-5-8-15(11)22-19(26)12(2)28-17(24)10-23-16-9-4-3-6-13(16)18(25)20(23)27/h3-9,12H,10H2,1-2H3,(H,22,26)/t12-/m1/s1. The highest BCUT2D eigenvalue weighted by Gasteiger charge is 2.37. The van der Waals surface area contributed by atoms with Gasteiger partial charge in [-0.15, -0.1) is 0 Å². The predicted octanol–water partition coefficient (Wildman–Crippen LogP) is 2.75. The Morgan fingerprint density at radius 3 is 2.61 bits per heavy atom. The van der Waals surface area contributed by atoms with E-state index >= 15 is 0 Å². The number of nitrogens with one attached hydrogen (secondary N) is 1. The third-order valence-corrected chi connectivity index (χ3v) is 4.78. The number of rotatable bonds is 5. The summed E-state index contributed by atoms with van der Waals surface area (Å²) < 4.78 is 5.13. The molecule has 1 aliphatic heterocycles. The second kappa shape index (κ2) is 7.82. The van der Waals surface area contributed by atoms with E-state index in [0.29, 0.717) is 22.0 Å². The number of hydrogen-bond acceptors (Lipinski definition) is 5. The molecule has 0 saturated heterocycles. The molecule has 1 heterocycles. The van der Waals surface area contributed by atoms with Gasteiger partial charge in [0.05, 0.1) is 11.3 Å². The molecule has 3 rings (SSSR count). The average Bonchev–Trinajstić information content (AvgIpc) is 2.90. The number of carbonyl (C=O) groups excluding carboxylic acids is 4. The first-order valence-corrected chi connectivity index (χ1v) is 8.88. The number of para-hydroxylation sites is 1. The number of benzene rings is 2. The van der Waals surface area contributed by atoms with Crippen molar-refractivity contribution in [3.63, 3.8) is 0 Å². The topological polar surface area (TPSA) is 92.8 Å². The highest BCUT2D eigenvalue weighted by molar-refractivity contribution is 6.52. The third kappa shape index (κ3) is 3.75. The minimum Gasteiger partial charge on any atom is -0.451 e. The minimum atomic E-state index is -1.10. The number of esters is 1. The largest absolute Gasteiger partial charge is 0.451 e. The van der Waals surface area contributed by atoms with Gasteiger partial charge in [0, 0.05) is 10.7 Å². The maximum Gasteiger partial charge on any atom is 0.326 e. The number of anilines is 2. The first-order chi connectivity index (χ1) is 13.3. The molecule has 0 spiro atoms. The Morgan fingerprint density at radius 1 is 1.14 bits per heavy atom. The minimum absolute atomic E-state index is 0.238. The van der Waals surface area contributed by atoms with Crippen LogP contribution in [0, 0.1) is 6.92 Å². The first kappa shape index (κ1) is 19.6. The van der Waals surface area contributed by atoms with E-state index in [0.717, 1.165) is 4.90 Å². The van der Waals surface area contributed by atoms with E-state index < -0.39 is 36.2 Å². The van der Waals surface area contributed by atoms with Gasteiger partial charge in [0.25, 0.3) is 17.6 Å². The van der Waals surface area contributed by atoms with Crippen molar-refractivity contribution in [2.24, 2.45) is 0 Å². The van der Waals surface area contributed by atoms with E-state index in [1.807, 2.05) is 0 Å². The van der Waals surface area contributed by atoms with Crippen molar-refractivity contribution >= 4 is 46.5 Å². The van der Waals surface area contributed by atoms with E-state index in [2.05, 4.69) is 5.32 Å². The fourth-order valence-corrected chi connectivity index (χ4v) is 2.97. The van der Waals surface area contributed by atoms with Gasteiger partial charge < -0.3 is 10.1 Å². The van der Waals surface area contributed by atoms with Crippen molar-refractivity contribution in [3.8, 4) is 0 Å². The molecule has 144 valence electrons. The molecule has 0 unspecified atom stereocenters. The molecule has 0 aromatic heterocycles. The molecular weight excluding hydrogens is 384 g/mol. The van der Waals surface area contributed by atoms with Gasteiger partial charge in [-0.2, -0.15) is 0 Å². The van der Waals surface area contributed by atoms with Crippen LogP contribution in [-0.4, -0.2) is 36.2 Å². The van der Waals surface area contributed by atoms with Gasteiger partial charge in [-0.1, -0.05) is 29.8 Å². The zero-order valence-corrected chi connectivity index (χ0v) is 15.9. The molecule has 0 bridgehead atoms. The number of fused-ring (bicyclic) bond motifs is 1. The Kier molecular flexibility index (Phi) is 5.46. The summed E-state index contributed by atoms with van der Waals surface area (Å²) in [6, 6.07) is 11.5. The molecule has 1 N–H and O–H groups in total. The van der Waals surface area contributed by atoms with Crippen LogP contribution in [0.5, 0.6) is 0 Å². The van der Waals surface area contributed by atoms with Crippen LogP contribution < -0.4 is 10.2 Å². The van der Waals surface area contributed by atoms with Gasteiger partial charge in [-0.25, -0.2) is 0 Å². The number of amides is 2. The number of carbonyl (C=O) groups is 4. The summed E-state index contributed by atoms with van der Waals surface area (Å²) in [5.41, 5.74) is 1.78. The van der Waals surface area contributed by atoms with Crippen LogP contribution in [0.2, 0.25) is 5.02 Å². The lowest BCUT2D eigenvalue weighted by Gasteiger charge is -2.18. The molecule has 7 nitrogen and oxygen atoms in total. The van der Waals surface area contributed by atoms with Crippen molar-refractivity contribution in [3.05, 3.63) is 58.6 Å². The molecule has 8 heteroatoms. The second-order valence-electron chi connectivity index (χ2n) is 6.27. The van der Waals surface area contributed by atoms with Crippen molar-refractivity contribution in [1.29, 1.82) is 0 Å². The molecule has 2 aromatic rings. The number of Topliss-reactive ketones (excluding diaryl/α,β-unsaturated/α-hetero) is 1. The molecule has 0 aliphatic carbocycles. The zero-order chi connectivity index (χ0) is 20.4. The highest BCUT2D eigenvalue weighted by atomic mass is 35.5. The van der Waals surface area contributed by atoms with Gasteiger partial charge in [0.2, 0.25) is 0 Å². The quantitative estimate of drug-likeness (QED) is 0.615. The lowest BCUT2D eigenvalue weighted by Crippen LogP contribution is -2.38. The van der Waals surface area contributed by atoms with Gasteiger partial charge in [0.15, 0.2) is 6.10 Å². The Balaban J connectivity index is 1.63. The normalized spacial score (nSPS) is 13.9. The van der Waals surface area contributed by atoms with Crippen LogP contribution in [0.4, 0.5) is 11.4 Å². The Morgan fingerprint density at radius 2 is 1.86 bits per heavy atom. The summed E-state index contributed by atoms with van der Waals surface area (Å²) in [6.07, 6.45) is -1.10. The molecule has 2 amide bonds. The Hall–Kier alpha value is -3.19. The monoisotopic (exact) mass is 400 g/mol. The summed E-state index contributed by atoms with van der Waals surface area (Å²) in [5.74, 6) is -2.82. The van der Waals surface area contributed by atoms with Crippen molar-refractivity contribution < 1.29 is 23.9 Å². The Bertz CT molecular complexity index is 988. The van der Waals surface area contributed by atoms with E-state index in [-0.39, 0.29) is 5.56 Å². The van der Waals surface area contributed by atoms with E-state index in [4.69, 9.17) is 16.3 Å². The van der Waals surface area contributed by atoms with Crippen molar-refractivity contribution in [1.82, 2.24) is 0 Å². The highest BCUT2D eigenvalue weighted by Crippen LogP contribution is 2.28. The summed E-state index contributed by atoms with van der Waals surface area (Å²) >= 11 is 6.02. The number of nitrogens with zero attached hydrogens (tertiary/aromatic N) is 1. The fourth-order valence-electron chi connectivity index (χ4n) is 2.80. The van der Waals surface area contributed by atoms with Crippen molar-refractivity contribution in [2.75, 3.05) is 16.8 Å². The number of hydrogen-bond donors (Lipinski definition) is 1. The predicted molar refractivity (Wildman–Crippen MR) is 103 cm³/mol. The first-order valence-electron chi connectivity index (χ1n) is 8.50. The lowest BCUT2D eigenvalue weighted by molar-refractivity contribution is -0.152. The van der Waals surface area contributed by atoms with Crippen LogP contribution in [0.25, 0.3) is 0 Å². The van der Waals surface area contributed by atoms with Gasteiger partial charge >= 0.3 is 5.97 Å². The maximum atomic E-state index is 12.3. The van der Waals surface area contributed by atoms with Gasteiger partial charge in [0.1, 0.15) is 6.54 Å². The molecule has 28 heavy (non-hydrogen) atoms. The molecular formula is C20H17ClN2O5. The van der Waals surface area contributed by atoms with Gasteiger partial charge in [-0.3, -0.25) is 24.1 Å². The molecule has 0 saturated carbocycles. The van der Waals surface area contributed by atoms with Crippen LogP contribution in [0.1, 0.15) is 22.8 Å².